The number of anilines is 2. The molecule has 0 unspecified atom stereocenters. The van der Waals surface area contributed by atoms with Crippen molar-refractivity contribution in [3.8, 4) is 5.88 Å². The van der Waals surface area contributed by atoms with Crippen LogP contribution in [0.15, 0.2) is 6.33 Å². The van der Waals surface area contributed by atoms with Gasteiger partial charge in [0.25, 0.3) is 0 Å². The first-order chi connectivity index (χ1) is 6.79. The van der Waals surface area contributed by atoms with Crippen molar-refractivity contribution < 1.29 is 9.84 Å². The van der Waals surface area contributed by atoms with E-state index < -0.39 is 0 Å². The first-order valence-electron chi connectivity index (χ1n) is 4.28. The largest absolute Gasteiger partial charge is 0.479 e. The van der Waals surface area contributed by atoms with E-state index in [1.807, 2.05) is 0 Å². The standard InChI is InChI=1S/C8H14N4O2/c1-14-8-6(9)7(11-5-12-8)10-3-2-4-13/h5,13H,2-4,9H2,1H3,(H,10,11,12). The van der Waals surface area contributed by atoms with Crippen molar-refractivity contribution in [2.75, 3.05) is 31.3 Å². The number of hydrogen-bond donors (Lipinski definition) is 3. The zero-order chi connectivity index (χ0) is 10.4. The van der Waals surface area contributed by atoms with Crippen LogP contribution >= 0.6 is 0 Å². The average Bonchev–Trinajstić information content (AvgIpc) is 2.21. The van der Waals surface area contributed by atoms with E-state index in [0.717, 1.165) is 0 Å². The number of aliphatic hydroxyl groups is 1. The number of ether oxygens (including phenoxy) is 1. The maximum atomic E-state index is 8.59. The summed E-state index contributed by atoms with van der Waals surface area (Å²) in [6.07, 6.45) is 2.02. The Hall–Kier alpha value is -1.56. The number of hydrogen-bond acceptors (Lipinski definition) is 6. The van der Waals surface area contributed by atoms with Gasteiger partial charge in [-0.25, -0.2) is 4.98 Å². The molecule has 0 saturated heterocycles. The Morgan fingerprint density at radius 2 is 2.36 bits per heavy atom. The Balaban J connectivity index is 2.66. The molecule has 0 amide bonds. The highest BCUT2D eigenvalue weighted by molar-refractivity contribution is 5.66. The Bertz CT molecular complexity index is 293. The minimum absolute atomic E-state index is 0.134. The van der Waals surface area contributed by atoms with E-state index in [2.05, 4.69) is 15.3 Å². The highest BCUT2D eigenvalue weighted by Gasteiger charge is 2.06. The van der Waals surface area contributed by atoms with Crippen LogP contribution in [0, 0.1) is 0 Å². The first-order valence-corrected chi connectivity index (χ1v) is 4.28. The fourth-order valence-corrected chi connectivity index (χ4v) is 0.969. The normalized spacial score (nSPS) is 9.86. The van der Waals surface area contributed by atoms with Crippen molar-refractivity contribution >= 4 is 11.5 Å². The SMILES string of the molecule is COc1ncnc(NCCCO)c1N. The topological polar surface area (TPSA) is 93.3 Å². The molecule has 14 heavy (non-hydrogen) atoms. The summed E-state index contributed by atoms with van der Waals surface area (Å²) in [6.45, 7) is 0.746. The summed E-state index contributed by atoms with van der Waals surface area (Å²) < 4.78 is 4.93. The molecule has 1 heterocycles. The number of rotatable bonds is 5. The minimum Gasteiger partial charge on any atom is -0.479 e. The number of aromatic nitrogens is 2. The first kappa shape index (κ1) is 10.5. The van der Waals surface area contributed by atoms with Crippen LogP contribution in [0.2, 0.25) is 0 Å². The van der Waals surface area contributed by atoms with Crippen molar-refractivity contribution in [2.24, 2.45) is 0 Å². The second kappa shape index (κ2) is 5.23. The predicted octanol–water partition coefficient (Wildman–Crippen LogP) is -0.138. The molecule has 1 aromatic rings. The molecule has 1 aromatic heterocycles. The molecular weight excluding hydrogens is 184 g/mol. The van der Waals surface area contributed by atoms with Gasteiger partial charge >= 0.3 is 0 Å². The molecule has 0 aliphatic heterocycles. The van der Waals surface area contributed by atoms with E-state index in [1.54, 1.807) is 0 Å². The third-order valence-electron chi connectivity index (χ3n) is 1.67. The number of nitrogens with zero attached hydrogens (tertiary/aromatic N) is 2. The molecular formula is C8H14N4O2. The Kier molecular flexibility index (Phi) is 3.93. The van der Waals surface area contributed by atoms with Crippen molar-refractivity contribution in [1.82, 2.24) is 9.97 Å². The summed E-state index contributed by atoms with van der Waals surface area (Å²) in [6, 6.07) is 0. The lowest BCUT2D eigenvalue weighted by Crippen LogP contribution is -2.09. The smallest absolute Gasteiger partial charge is 0.242 e. The summed E-state index contributed by atoms with van der Waals surface area (Å²) in [5.74, 6) is 0.886. The lowest BCUT2D eigenvalue weighted by molar-refractivity contribution is 0.292. The number of methoxy groups -OCH3 is 1. The third kappa shape index (κ3) is 2.46. The summed E-state index contributed by atoms with van der Waals surface area (Å²) in [5.41, 5.74) is 6.08. The lowest BCUT2D eigenvalue weighted by Gasteiger charge is -2.08. The predicted molar refractivity (Wildman–Crippen MR) is 53.2 cm³/mol. The van der Waals surface area contributed by atoms with Crippen LogP contribution in [0.1, 0.15) is 6.42 Å². The average molecular weight is 198 g/mol. The van der Waals surface area contributed by atoms with Crippen molar-refractivity contribution in [3.63, 3.8) is 0 Å². The van der Waals surface area contributed by atoms with Gasteiger partial charge < -0.3 is 20.9 Å². The number of nitrogens with one attached hydrogen (secondary N) is 1. The van der Waals surface area contributed by atoms with Crippen LogP contribution in [-0.4, -0.2) is 35.3 Å². The quantitative estimate of drug-likeness (QED) is 0.570. The molecule has 0 fully saturated rings. The zero-order valence-corrected chi connectivity index (χ0v) is 8.03. The maximum absolute atomic E-state index is 8.59. The number of nitrogen functional groups attached to an aromatic ring is 1. The summed E-state index contributed by atoms with van der Waals surface area (Å²) in [7, 11) is 1.50. The highest BCUT2D eigenvalue weighted by atomic mass is 16.5. The maximum Gasteiger partial charge on any atom is 0.242 e. The van der Waals surface area contributed by atoms with Crippen LogP contribution in [0.3, 0.4) is 0 Å². The highest BCUT2D eigenvalue weighted by Crippen LogP contribution is 2.23. The van der Waals surface area contributed by atoms with Gasteiger partial charge in [0.05, 0.1) is 7.11 Å². The van der Waals surface area contributed by atoms with Gasteiger partial charge in [-0.1, -0.05) is 0 Å². The lowest BCUT2D eigenvalue weighted by atomic mass is 10.4. The van der Waals surface area contributed by atoms with Gasteiger partial charge in [-0.15, -0.1) is 0 Å². The monoisotopic (exact) mass is 198 g/mol. The fraction of sp³-hybridized carbons (Fsp3) is 0.500. The van der Waals surface area contributed by atoms with Gasteiger partial charge in [0.15, 0.2) is 5.82 Å². The van der Waals surface area contributed by atoms with Gasteiger partial charge in [-0.3, -0.25) is 0 Å². The summed E-state index contributed by atoms with van der Waals surface area (Å²) in [4.78, 5) is 7.79. The van der Waals surface area contributed by atoms with Gasteiger partial charge in [0.2, 0.25) is 5.88 Å². The fourth-order valence-electron chi connectivity index (χ4n) is 0.969. The second-order valence-corrected chi connectivity index (χ2v) is 2.65. The minimum atomic E-state index is 0.134. The van der Waals surface area contributed by atoms with E-state index in [4.69, 9.17) is 15.6 Å². The molecule has 6 heteroatoms. The van der Waals surface area contributed by atoms with Crippen molar-refractivity contribution in [2.45, 2.75) is 6.42 Å². The Morgan fingerprint density at radius 1 is 1.57 bits per heavy atom. The van der Waals surface area contributed by atoms with E-state index in [-0.39, 0.29) is 6.61 Å². The number of nitrogens with two attached hydrogens (primary N) is 1. The van der Waals surface area contributed by atoms with Crippen LogP contribution < -0.4 is 15.8 Å². The molecule has 0 spiro atoms. The molecule has 0 radical (unpaired) electrons. The number of aliphatic hydroxyl groups excluding tert-OH is 1. The van der Waals surface area contributed by atoms with Crippen LogP contribution in [0.4, 0.5) is 11.5 Å². The molecule has 6 nitrogen and oxygen atoms in total. The molecule has 0 saturated carbocycles. The molecule has 0 aromatic carbocycles. The summed E-state index contributed by atoms with van der Waals surface area (Å²) in [5, 5.41) is 11.6. The van der Waals surface area contributed by atoms with Crippen LogP contribution in [0.25, 0.3) is 0 Å². The van der Waals surface area contributed by atoms with E-state index >= 15 is 0 Å². The molecule has 0 aliphatic carbocycles. The van der Waals surface area contributed by atoms with Gasteiger partial charge in [0, 0.05) is 13.2 Å². The molecule has 0 aliphatic rings. The van der Waals surface area contributed by atoms with Gasteiger partial charge in [-0.05, 0) is 6.42 Å². The van der Waals surface area contributed by atoms with E-state index in [0.29, 0.717) is 30.4 Å². The van der Waals surface area contributed by atoms with Gasteiger partial charge in [-0.2, -0.15) is 4.98 Å². The molecule has 0 atom stereocenters. The van der Waals surface area contributed by atoms with E-state index in [9.17, 15) is 0 Å². The molecule has 4 N–H and O–H groups in total. The zero-order valence-electron chi connectivity index (χ0n) is 8.03. The Labute approximate surface area is 82.1 Å². The van der Waals surface area contributed by atoms with Crippen molar-refractivity contribution in [1.29, 1.82) is 0 Å². The van der Waals surface area contributed by atoms with Gasteiger partial charge in [0.1, 0.15) is 12.0 Å². The Morgan fingerprint density at radius 3 is 3.00 bits per heavy atom. The molecule has 0 bridgehead atoms. The van der Waals surface area contributed by atoms with Crippen LogP contribution in [0.5, 0.6) is 5.88 Å². The third-order valence-corrected chi connectivity index (χ3v) is 1.67. The molecule has 78 valence electrons. The summed E-state index contributed by atoms with van der Waals surface area (Å²) >= 11 is 0. The van der Waals surface area contributed by atoms with Crippen LogP contribution in [-0.2, 0) is 0 Å². The van der Waals surface area contributed by atoms with Crippen molar-refractivity contribution in [3.05, 3.63) is 6.33 Å². The second-order valence-electron chi connectivity index (χ2n) is 2.65. The molecule has 1 rings (SSSR count). The van der Waals surface area contributed by atoms with E-state index in [1.165, 1.54) is 13.4 Å².